The number of nitrogens with one attached hydrogen (secondary N) is 1. The third-order valence-corrected chi connectivity index (χ3v) is 9.75. The molecular weight excluding hydrogens is 392 g/mol. The first-order chi connectivity index (χ1) is 13.4. The first-order valence-corrected chi connectivity index (χ1v) is 12.3. The van der Waals surface area contributed by atoms with E-state index in [0.717, 1.165) is 5.06 Å². The summed E-state index contributed by atoms with van der Waals surface area (Å²) in [4.78, 5) is 30.5. The van der Waals surface area contributed by atoms with Crippen LogP contribution in [-0.4, -0.2) is 66.2 Å². The van der Waals surface area contributed by atoms with E-state index in [1.54, 1.807) is 18.2 Å². The number of hydrogen-bond acceptors (Lipinski definition) is 6. The number of amides is 2. The van der Waals surface area contributed by atoms with E-state index in [4.69, 9.17) is 18.7 Å². The average molecular weight is 427 g/mol. The standard InChI is InChI=1S/C20H34N2O6Si/c1-20(2,3)29(8,9)28-13-15(19(24)22(4)27-7)21-18(23)14-10-11-16(25-5)17(12-14)26-6/h10-12,15H,13H2,1-9H3,(H,21,23). The van der Waals surface area contributed by atoms with Crippen LogP contribution in [0.2, 0.25) is 18.1 Å². The van der Waals surface area contributed by atoms with Gasteiger partial charge in [-0.05, 0) is 36.3 Å². The van der Waals surface area contributed by atoms with Crippen LogP contribution >= 0.6 is 0 Å². The van der Waals surface area contributed by atoms with Gasteiger partial charge in [-0.2, -0.15) is 0 Å². The van der Waals surface area contributed by atoms with Crippen molar-refractivity contribution in [3.05, 3.63) is 23.8 Å². The fourth-order valence-corrected chi connectivity index (χ4v) is 3.23. The van der Waals surface area contributed by atoms with Gasteiger partial charge >= 0.3 is 0 Å². The van der Waals surface area contributed by atoms with E-state index in [1.807, 2.05) is 0 Å². The van der Waals surface area contributed by atoms with E-state index in [1.165, 1.54) is 28.4 Å². The highest BCUT2D eigenvalue weighted by Crippen LogP contribution is 2.36. The lowest BCUT2D eigenvalue weighted by Crippen LogP contribution is -2.52. The van der Waals surface area contributed by atoms with Gasteiger partial charge in [0, 0.05) is 12.6 Å². The smallest absolute Gasteiger partial charge is 0.270 e. The lowest BCUT2D eigenvalue weighted by molar-refractivity contribution is -0.171. The highest BCUT2D eigenvalue weighted by atomic mass is 28.4. The summed E-state index contributed by atoms with van der Waals surface area (Å²) < 4.78 is 16.6. The van der Waals surface area contributed by atoms with E-state index < -0.39 is 26.2 Å². The van der Waals surface area contributed by atoms with Crippen LogP contribution in [0.4, 0.5) is 0 Å². The second kappa shape index (κ2) is 10.1. The minimum Gasteiger partial charge on any atom is -0.493 e. The number of carbonyl (C=O) groups is 2. The molecule has 0 aromatic heterocycles. The Balaban J connectivity index is 3.05. The van der Waals surface area contributed by atoms with Crippen molar-refractivity contribution in [3.8, 4) is 11.5 Å². The molecule has 0 saturated heterocycles. The Hall–Kier alpha value is -2.10. The van der Waals surface area contributed by atoms with Gasteiger partial charge in [0.15, 0.2) is 19.8 Å². The molecule has 1 aromatic rings. The normalized spacial score (nSPS) is 12.9. The molecule has 0 radical (unpaired) electrons. The quantitative estimate of drug-likeness (QED) is 0.483. The van der Waals surface area contributed by atoms with Gasteiger partial charge in [-0.1, -0.05) is 20.8 Å². The summed E-state index contributed by atoms with van der Waals surface area (Å²) in [5, 5.41) is 3.80. The average Bonchev–Trinajstić information content (AvgIpc) is 2.68. The molecule has 8 nitrogen and oxygen atoms in total. The van der Waals surface area contributed by atoms with E-state index in [9.17, 15) is 9.59 Å². The second-order valence-electron chi connectivity index (χ2n) is 8.19. The number of hydroxylamine groups is 2. The fourth-order valence-electron chi connectivity index (χ4n) is 2.21. The summed E-state index contributed by atoms with van der Waals surface area (Å²) in [7, 11) is 3.78. The number of ether oxygens (including phenoxy) is 2. The van der Waals surface area contributed by atoms with Crippen molar-refractivity contribution in [1.29, 1.82) is 0 Å². The van der Waals surface area contributed by atoms with Crippen LogP contribution in [0.3, 0.4) is 0 Å². The SMILES string of the molecule is COc1ccc(C(=O)NC(CO[Si](C)(C)C(C)(C)C)C(=O)N(C)OC)cc1OC. The van der Waals surface area contributed by atoms with E-state index in [2.05, 4.69) is 39.2 Å². The number of methoxy groups -OCH3 is 2. The van der Waals surface area contributed by atoms with E-state index >= 15 is 0 Å². The van der Waals surface area contributed by atoms with E-state index in [-0.39, 0.29) is 11.6 Å². The molecule has 0 bridgehead atoms. The molecule has 164 valence electrons. The molecule has 9 heteroatoms. The summed E-state index contributed by atoms with van der Waals surface area (Å²) in [5.74, 6) is 0.110. The molecule has 0 aliphatic carbocycles. The van der Waals surface area contributed by atoms with Crippen LogP contribution in [0.25, 0.3) is 0 Å². The van der Waals surface area contributed by atoms with Gasteiger partial charge in [-0.25, -0.2) is 5.06 Å². The van der Waals surface area contributed by atoms with Crippen molar-refractivity contribution in [2.75, 3.05) is 35.0 Å². The lowest BCUT2D eigenvalue weighted by Gasteiger charge is -2.37. The summed E-state index contributed by atoms with van der Waals surface area (Å²) in [6.07, 6.45) is 0. The molecule has 0 saturated carbocycles. The van der Waals surface area contributed by atoms with Crippen LogP contribution in [0.15, 0.2) is 18.2 Å². The largest absolute Gasteiger partial charge is 0.493 e. The molecule has 2 amide bonds. The number of benzene rings is 1. The van der Waals surface area contributed by atoms with Gasteiger partial charge in [0.1, 0.15) is 6.04 Å². The highest BCUT2D eigenvalue weighted by molar-refractivity contribution is 6.74. The van der Waals surface area contributed by atoms with Crippen molar-refractivity contribution < 1.29 is 28.3 Å². The van der Waals surface area contributed by atoms with Crippen molar-refractivity contribution in [2.24, 2.45) is 0 Å². The summed E-state index contributed by atoms with van der Waals surface area (Å²) >= 11 is 0. The molecule has 0 spiro atoms. The molecule has 1 unspecified atom stereocenters. The van der Waals surface area contributed by atoms with Gasteiger partial charge in [0.05, 0.1) is 27.9 Å². The van der Waals surface area contributed by atoms with Crippen molar-refractivity contribution in [1.82, 2.24) is 10.4 Å². The molecule has 29 heavy (non-hydrogen) atoms. The predicted octanol–water partition coefficient (Wildman–Crippen LogP) is 2.84. The maximum absolute atomic E-state index is 12.8. The highest BCUT2D eigenvalue weighted by Gasteiger charge is 2.38. The van der Waals surface area contributed by atoms with Crippen LogP contribution in [0.5, 0.6) is 11.5 Å². The summed E-state index contributed by atoms with van der Waals surface area (Å²) in [5.41, 5.74) is 0.341. The van der Waals surface area contributed by atoms with Gasteiger partial charge in [0.25, 0.3) is 11.8 Å². The maximum Gasteiger partial charge on any atom is 0.270 e. The molecule has 1 aromatic carbocycles. The zero-order valence-corrected chi connectivity index (χ0v) is 19.9. The number of carbonyl (C=O) groups excluding carboxylic acids is 2. The summed E-state index contributed by atoms with van der Waals surface area (Å²) in [6.45, 7) is 10.6. The second-order valence-corrected chi connectivity index (χ2v) is 13.0. The Bertz CT molecular complexity index is 717. The first kappa shape index (κ1) is 24.9. The molecule has 1 N–H and O–H groups in total. The minimum absolute atomic E-state index is 0.0267. The number of rotatable bonds is 9. The molecule has 0 aliphatic rings. The van der Waals surface area contributed by atoms with Crippen molar-refractivity contribution in [3.63, 3.8) is 0 Å². The molecular formula is C20H34N2O6Si. The van der Waals surface area contributed by atoms with Crippen LogP contribution in [0, 0.1) is 0 Å². The zero-order chi connectivity index (χ0) is 22.4. The number of likely N-dealkylation sites (N-methyl/N-ethyl adjacent to an activating group) is 1. The van der Waals surface area contributed by atoms with E-state index in [0.29, 0.717) is 17.1 Å². The maximum atomic E-state index is 12.8. The Labute approximate surface area is 174 Å². The van der Waals surface area contributed by atoms with Crippen LogP contribution in [0.1, 0.15) is 31.1 Å². The Morgan fingerprint density at radius 1 is 1.10 bits per heavy atom. The van der Waals surface area contributed by atoms with Crippen molar-refractivity contribution >= 4 is 20.1 Å². The third kappa shape index (κ3) is 6.45. The lowest BCUT2D eigenvalue weighted by atomic mass is 10.1. The fraction of sp³-hybridized carbons (Fsp3) is 0.600. The topological polar surface area (TPSA) is 86.3 Å². The van der Waals surface area contributed by atoms with Crippen molar-refractivity contribution in [2.45, 2.75) is 44.9 Å². The molecule has 1 atom stereocenters. The molecule has 0 heterocycles. The van der Waals surface area contributed by atoms with Crippen LogP contribution in [-0.2, 0) is 14.1 Å². The van der Waals surface area contributed by atoms with Crippen LogP contribution < -0.4 is 14.8 Å². The summed E-state index contributed by atoms with van der Waals surface area (Å²) in [6, 6.07) is 3.91. The first-order valence-electron chi connectivity index (χ1n) is 9.36. The Kier molecular flexibility index (Phi) is 8.67. The zero-order valence-electron chi connectivity index (χ0n) is 18.9. The number of nitrogens with zero attached hydrogens (tertiary/aromatic N) is 1. The number of hydrogen-bond donors (Lipinski definition) is 1. The minimum atomic E-state index is -2.12. The van der Waals surface area contributed by atoms with Gasteiger partial charge in [-0.15, -0.1) is 0 Å². The Morgan fingerprint density at radius 3 is 2.17 bits per heavy atom. The molecule has 0 fully saturated rings. The van der Waals surface area contributed by atoms with Gasteiger partial charge < -0.3 is 19.2 Å². The van der Waals surface area contributed by atoms with Gasteiger partial charge in [0.2, 0.25) is 0 Å². The molecule has 0 aliphatic heterocycles. The van der Waals surface area contributed by atoms with Gasteiger partial charge in [-0.3, -0.25) is 14.4 Å². The predicted molar refractivity (Wildman–Crippen MR) is 114 cm³/mol. The Morgan fingerprint density at radius 2 is 1.69 bits per heavy atom. The monoisotopic (exact) mass is 426 g/mol. The third-order valence-electron chi connectivity index (χ3n) is 5.25. The molecule has 1 rings (SSSR count).